The number of hydrogen-bond acceptors (Lipinski definition) is 5. The van der Waals surface area contributed by atoms with Gasteiger partial charge in [-0.3, -0.25) is 0 Å². The van der Waals surface area contributed by atoms with Crippen LogP contribution in [0.2, 0.25) is 0 Å². The average Bonchev–Trinajstić information content (AvgIpc) is 2.27. The zero-order valence-electron chi connectivity index (χ0n) is 8.38. The second-order valence-corrected chi connectivity index (χ2v) is 2.80. The first kappa shape index (κ1) is 11.2. The monoisotopic (exact) mass is 208 g/mol. The van der Waals surface area contributed by atoms with Gasteiger partial charge in [0.2, 0.25) is 0 Å². The zero-order chi connectivity index (χ0) is 11.1. The maximum atomic E-state index is 11.3. The van der Waals surface area contributed by atoms with Crippen molar-refractivity contribution < 1.29 is 14.6 Å². The summed E-state index contributed by atoms with van der Waals surface area (Å²) < 4.78 is 4.76. The van der Waals surface area contributed by atoms with Crippen molar-refractivity contribution in [2.45, 2.75) is 13.3 Å². The van der Waals surface area contributed by atoms with E-state index in [1.807, 2.05) is 0 Å². The van der Waals surface area contributed by atoms with Crippen LogP contribution in [0.15, 0.2) is 30.6 Å². The Hall–Kier alpha value is -1.91. The molecular formula is C10H12N2O3. The molecule has 0 bridgehead atoms. The van der Waals surface area contributed by atoms with E-state index in [1.165, 1.54) is 6.33 Å². The number of carbonyl (C=O) groups is 1. The summed E-state index contributed by atoms with van der Waals surface area (Å²) in [6.45, 7) is 1.99. The van der Waals surface area contributed by atoms with Crippen LogP contribution in [0.5, 0.6) is 0 Å². The lowest BCUT2D eigenvalue weighted by Crippen LogP contribution is -2.10. The molecule has 1 heterocycles. The summed E-state index contributed by atoms with van der Waals surface area (Å²) in [4.78, 5) is 18.9. The average molecular weight is 208 g/mol. The van der Waals surface area contributed by atoms with Crippen LogP contribution in [0, 0.1) is 0 Å². The predicted molar refractivity (Wildman–Crippen MR) is 53.1 cm³/mol. The first-order valence-corrected chi connectivity index (χ1v) is 4.52. The van der Waals surface area contributed by atoms with E-state index < -0.39 is 5.97 Å². The Labute approximate surface area is 87.4 Å². The Bertz CT molecular complexity index is 349. The van der Waals surface area contributed by atoms with Crippen molar-refractivity contribution in [1.29, 1.82) is 0 Å². The number of esters is 1. The van der Waals surface area contributed by atoms with Crippen molar-refractivity contribution in [3.8, 4) is 0 Å². The zero-order valence-corrected chi connectivity index (χ0v) is 8.38. The molecule has 1 rings (SSSR count). The molecule has 0 aliphatic rings. The standard InChI is InChI=1S/C10H12N2O3/c1-2-15-10(14)9(6-13)3-8-4-11-7-12-5-8/h4-7,13H,2-3H2,1H3. The summed E-state index contributed by atoms with van der Waals surface area (Å²) >= 11 is 0. The Kier molecular flexibility index (Phi) is 4.28. The van der Waals surface area contributed by atoms with Crippen LogP contribution in [0.25, 0.3) is 0 Å². The largest absolute Gasteiger partial charge is 0.515 e. The molecule has 0 radical (unpaired) electrons. The van der Waals surface area contributed by atoms with Gasteiger partial charge in [-0.05, 0) is 12.5 Å². The topological polar surface area (TPSA) is 72.3 Å². The fourth-order valence-corrected chi connectivity index (χ4v) is 1.04. The third kappa shape index (κ3) is 3.38. The molecule has 5 nitrogen and oxygen atoms in total. The lowest BCUT2D eigenvalue weighted by atomic mass is 10.1. The van der Waals surface area contributed by atoms with Crippen LogP contribution in [-0.2, 0) is 16.0 Å². The van der Waals surface area contributed by atoms with E-state index in [0.29, 0.717) is 0 Å². The quantitative estimate of drug-likeness (QED) is 0.454. The Balaban J connectivity index is 2.67. The summed E-state index contributed by atoms with van der Waals surface area (Å²) in [6.07, 6.45) is 5.57. The number of carbonyl (C=O) groups excluding carboxylic acids is 1. The SMILES string of the molecule is CCOC(=O)C(=CO)Cc1cncnc1. The molecule has 1 aromatic rings. The first-order valence-electron chi connectivity index (χ1n) is 4.52. The summed E-state index contributed by atoms with van der Waals surface area (Å²) in [7, 11) is 0. The molecule has 15 heavy (non-hydrogen) atoms. The summed E-state index contributed by atoms with van der Waals surface area (Å²) in [5.41, 5.74) is 0.928. The van der Waals surface area contributed by atoms with Crippen molar-refractivity contribution in [3.05, 3.63) is 36.1 Å². The van der Waals surface area contributed by atoms with Gasteiger partial charge in [-0.25, -0.2) is 14.8 Å². The molecular weight excluding hydrogens is 196 g/mol. The molecule has 0 aromatic carbocycles. The maximum Gasteiger partial charge on any atom is 0.337 e. The highest BCUT2D eigenvalue weighted by Crippen LogP contribution is 2.06. The predicted octanol–water partition coefficient (Wildman–Crippen LogP) is 1.02. The molecule has 0 aliphatic carbocycles. The van der Waals surface area contributed by atoms with Gasteiger partial charge >= 0.3 is 5.97 Å². The highest BCUT2D eigenvalue weighted by atomic mass is 16.5. The van der Waals surface area contributed by atoms with Gasteiger partial charge < -0.3 is 9.84 Å². The van der Waals surface area contributed by atoms with Crippen molar-refractivity contribution >= 4 is 5.97 Å². The van der Waals surface area contributed by atoms with E-state index >= 15 is 0 Å². The van der Waals surface area contributed by atoms with E-state index in [2.05, 4.69) is 9.97 Å². The fraction of sp³-hybridized carbons (Fsp3) is 0.300. The number of hydrogen-bond donors (Lipinski definition) is 1. The van der Waals surface area contributed by atoms with Gasteiger partial charge in [0.1, 0.15) is 6.33 Å². The molecule has 1 aromatic heterocycles. The van der Waals surface area contributed by atoms with Crippen LogP contribution >= 0.6 is 0 Å². The van der Waals surface area contributed by atoms with Gasteiger partial charge in [0.15, 0.2) is 0 Å². The van der Waals surface area contributed by atoms with E-state index in [9.17, 15) is 4.79 Å². The Morgan fingerprint density at radius 2 is 2.20 bits per heavy atom. The van der Waals surface area contributed by atoms with Crippen molar-refractivity contribution in [1.82, 2.24) is 9.97 Å². The Morgan fingerprint density at radius 1 is 1.53 bits per heavy atom. The van der Waals surface area contributed by atoms with E-state index in [0.717, 1.165) is 11.8 Å². The Morgan fingerprint density at radius 3 is 2.73 bits per heavy atom. The molecule has 0 amide bonds. The lowest BCUT2D eigenvalue weighted by molar-refractivity contribution is -0.138. The molecule has 5 heteroatoms. The molecule has 0 atom stereocenters. The number of aliphatic hydroxyl groups is 1. The highest BCUT2D eigenvalue weighted by Gasteiger charge is 2.11. The van der Waals surface area contributed by atoms with Crippen molar-refractivity contribution in [3.63, 3.8) is 0 Å². The van der Waals surface area contributed by atoms with Gasteiger partial charge in [-0.2, -0.15) is 0 Å². The van der Waals surface area contributed by atoms with E-state index in [1.54, 1.807) is 19.3 Å². The van der Waals surface area contributed by atoms with Gasteiger partial charge in [-0.15, -0.1) is 0 Å². The van der Waals surface area contributed by atoms with E-state index in [4.69, 9.17) is 9.84 Å². The number of nitrogens with zero attached hydrogens (tertiary/aromatic N) is 2. The second-order valence-electron chi connectivity index (χ2n) is 2.80. The normalized spacial score (nSPS) is 11.1. The van der Waals surface area contributed by atoms with Crippen LogP contribution in [0.3, 0.4) is 0 Å². The number of aromatic nitrogens is 2. The molecule has 0 unspecified atom stereocenters. The fourth-order valence-electron chi connectivity index (χ4n) is 1.04. The molecule has 1 N–H and O–H groups in total. The third-order valence-electron chi connectivity index (χ3n) is 1.70. The smallest absolute Gasteiger partial charge is 0.337 e. The molecule has 0 aliphatic heterocycles. The number of aliphatic hydroxyl groups excluding tert-OH is 1. The summed E-state index contributed by atoms with van der Waals surface area (Å²) in [5, 5.41) is 8.88. The van der Waals surface area contributed by atoms with Crippen molar-refractivity contribution in [2.24, 2.45) is 0 Å². The first-order chi connectivity index (χ1) is 7.27. The summed E-state index contributed by atoms with van der Waals surface area (Å²) in [5.74, 6) is -0.524. The molecule has 0 saturated heterocycles. The number of rotatable bonds is 4. The molecule has 0 saturated carbocycles. The minimum Gasteiger partial charge on any atom is -0.515 e. The van der Waals surface area contributed by atoms with E-state index in [-0.39, 0.29) is 18.6 Å². The minimum absolute atomic E-state index is 0.187. The maximum absolute atomic E-state index is 11.3. The lowest BCUT2D eigenvalue weighted by Gasteiger charge is -2.04. The van der Waals surface area contributed by atoms with Crippen LogP contribution in [0.4, 0.5) is 0 Å². The minimum atomic E-state index is -0.524. The van der Waals surface area contributed by atoms with Gasteiger partial charge in [0, 0.05) is 18.8 Å². The molecule has 0 fully saturated rings. The second kappa shape index (κ2) is 5.74. The van der Waals surface area contributed by atoms with Gasteiger partial charge in [0.25, 0.3) is 0 Å². The van der Waals surface area contributed by atoms with Gasteiger partial charge in [0.05, 0.1) is 18.4 Å². The molecule has 0 spiro atoms. The van der Waals surface area contributed by atoms with Crippen molar-refractivity contribution in [2.75, 3.05) is 6.61 Å². The van der Waals surface area contributed by atoms with Crippen LogP contribution in [-0.4, -0.2) is 27.7 Å². The van der Waals surface area contributed by atoms with Gasteiger partial charge in [-0.1, -0.05) is 0 Å². The van der Waals surface area contributed by atoms with Crippen LogP contribution in [0.1, 0.15) is 12.5 Å². The summed E-state index contributed by atoms with van der Waals surface area (Å²) in [6, 6.07) is 0. The highest BCUT2D eigenvalue weighted by molar-refractivity contribution is 5.88. The number of ether oxygens (including phenoxy) is 1. The van der Waals surface area contributed by atoms with Crippen LogP contribution < -0.4 is 0 Å². The molecule has 80 valence electrons. The third-order valence-corrected chi connectivity index (χ3v) is 1.70.